The van der Waals surface area contributed by atoms with Gasteiger partial charge in [0.15, 0.2) is 11.5 Å². The maximum Gasteiger partial charge on any atom is 0.270 e. The number of methoxy groups -OCH3 is 2. The number of hydrogen-bond donors (Lipinski definition) is 1. The Morgan fingerprint density at radius 2 is 1.96 bits per heavy atom. The van der Waals surface area contributed by atoms with Gasteiger partial charge in [0.2, 0.25) is 0 Å². The Kier molecular flexibility index (Phi) is 4.50. The standard InChI is InChI=1S/C19H24N2O5/c1-23-16-4-3-14-13(17(16)24-2)11-15(20-14)18(22)21-7-10-26-12-19(21)5-8-25-9-6-19/h3-4,11,20H,5-10,12H2,1-2H3. The molecule has 4 rings (SSSR count). The molecule has 1 spiro atoms. The number of hydrogen-bond acceptors (Lipinski definition) is 5. The van der Waals surface area contributed by atoms with Gasteiger partial charge in [0.25, 0.3) is 5.91 Å². The summed E-state index contributed by atoms with van der Waals surface area (Å²) >= 11 is 0. The molecule has 2 saturated heterocycles. The summed E-state index contributed by atoms with van der Waals surface area (Å²) < 4.78 is 22.1. The Labute approximate surface area is 152 Å². The number of H-pyrrole nitrogens is 1. The number of rotatable bonds is 3. The molecule has 26 heavy (non-hydrogen) atoms. The maximum absolute atomic E-state index is 13.3. The number of nitrogens with one attached hydrogen (secondary N) is 1. The van der Waals surface area contributed by atoms with Crippen LogP contribution >= 0.6 is 0 Å². The van der Waals surface area contributed by atoms with Crippen LogP contribution in [0, 0.1) is 0 Å². The molecule has 2 aromatic rings. The van der Waals surface area contributed by atoms with Crippen LogP contribution in [0.5, 0.6) is 11.5 Å². The number of fused-ring (bicyclic) bond motifs is 1. The molecule has 0 unspecified atom stereocenters. The van der Waals surface area contributed by atoms with E-state index in [0.29, 0.717) is 50.2 Å². The number of benzene rings is 1. The molecular weight excluding hydrogens is 336 g/mol. The van der Waals surface area contributed by atoms with Gasteiger partial charge >= 0.3 is 0 Å². The highest BCUT2D eigenvalue weighted by Gasteiger charge is 2.44. The smallest absolute Gasteiger partial charge is 0.270 e. The molecule has 1 aromatic carbocycles. The maximum atomic E-state index is 13.3. The fraction of sp³-hybridized carbons (Fsp3) is 0.526. The summed E-state index contributed by atoms with van der Waals surface area (Å²) in [5, 5.41) is 0.837. The van der Waals surface area contributed by atoms with Crippen LogP contribution in [-0.4, -0.2) is 68.5 Å². The molecule has 0 aliphatic carbocycles. The van der Waals surface area contributed by atoms with Crippen LogP contribution in [0.3, 0.4) is 0 Å². The molecule has 1 aromatic heterocycles. The summed E-state index contributed by atoms with van der Waals surface area (Å²) in [6.07, 6.45) is 1.60. The van der Waals surface area contributed by atoms with Gasteiger partial charge in [-0.15, -0.1) is 0 Å². The van der Waals surface area contributed by atoms with Gasteiger partial charge in [0.05, 0.1) is 38.5 Å². The molecule has 2 fully saturated rings. The van der Waals surface area contributed by atoms with Crippen molar-refractivity contribution in [3.63, 3.8) is 0 Å². The first-order valence-electron chi connectivity index (χ1n) is 8.90. The van der Waals surface area contributed by atoms with E-state index in [1.54, 1.807) is 14.2 Å². The summed E-state index contributed by atoms with van der Waals surface area (Å²) in [5.74, 6) is 1.26. The SMILES string of the molecule is COc1ccc2[nH]c(C(=O)N3CCOCC34CCOCC4)cc2c1OC. The average Bonchev–Trinajstić information content (AvgIpc) is 3.12. The minimum Gasteiger partial charge on any atom is -0.493 e. The zero-order chi connectivity index (χ0) is 18.1. The molecule has 7 heteroatoms. The quantitative estimate of drug-likeness (QED) is 0.909. The van der Waals surface area contributed by atoms with E-state index < -0.39 is 0 Å². The molecule has 140 valence electrons. The Balaban J connectivity index is 1.71. The van der Waals surface area contributed by atoms with E-state index in [1.165, 1.54) is 0 Å². The third-order valence-corrected chi connectivity index (χ3v) is 5.44. The van der Waals surface area contributed by atoms with Crippen LogP contribution in [0.2, 0.25) is 0 Å². The molecule has 2 aliphatic heterocycles. The van der Waals surface area contributed by atoms with Gasteiger partial charge in [-0.1, -0.05) is 0 Å². The summed E-state index contributed by atoms with van der Waals surface area (Å²) in [6, 6.07) is 5.58. The van der Waals surface area contributed by atoms with Crippen LogP contribution in [-0.2, 0) is 9.47 Å². The number of carbonyl (C=O) groups is 1. The first-order chi connectivity index (χ1) is 12.7. The Morgan fingerprint density at radius 1 is 1.15 bits per heavy atom. The molecule has 0 radical (unpaired) electrons. The molecule has 1 N–H and O–H groups in total. The third-order valence-electron chi connectivity index (χ3n) is 5.44. The van der Waals surface area contributed by atoms with E-state index in [2.05, 4.69) is 4.98 Å². The van der Waals surface area contributed by atoms with E-state index in [4.69, 9.17) is 18.9 Å². The van der Waals surface area contributed by atoms with Crippen molar-refractivity contribution in [3.05, 3.63) is 23.9 Å². The van der Waals surface area contributed by atoms with E-state index in [9.17, 15) is 4.79 Å². The van der Waals surface area contributed by atoms with Crippen LogP contribution in [0.1, 0.15) is 23.3 Å². The number of aromatic nitrogens is 1. The Bertz CT molecular complexity index is 801. The van der Waals surface area contributed by atoms with Gasteiger partial charge in [0.1, 0.15) is 5.69 Å². The Hall–Kier alpha value is -2.25. The fourth-order valence-corrected chi connectivity index (χ4v) is 4.00. The average molecular weight is 360 g/mol. The molecule has 3 heterocycles. The highest BCUT2D eigenvalue weighted by atomic mass is 16.5. The summed E-state index contributed by atoms with van der Waals surface area (Å²) in [4.78, 5) is 18.5. The Morgan fingerprint density at radius 3 is 2.69 bits per heavy atom. The van der Waals surface area contributed by atoms with Crippen LogP contribution < -0.4 is 9.47 Å². The monoisotopic (exact) mass is 360 g/mol. The lowest BCUT2D eigenvalue weighted by Gasteiger charge is -2.48. The molecule has 0 saturated carbocycles. The number of morpholine rings is 1. The van der Waals surface area contributed by atoms with Crippen molar-refractivity contribution in [3.8, 4) is 11.5 Å². The zero-order valence-electron chi connectivity index (χ0n) is 15.2. The van der Waals surface area contributed by atoms with Gasteiger partial charge in [-0.2, -0.15) is 0 Å². The molecule has 1 amide bonds. The van der Waals surface area contributed by atoms with E-state index in [1.807, 2.05) is 23.1 Å². The van der Waals surface area contributed by atoms with Gasteiger partial charge in [-0.25, -0.2) is 0 Å². The lowest BCUT2D eigenvalue weighted by Crippen LogP contribution is -2.61. The molecule has 2 aliphatic rings. The van der Waals surface area contributed by atoms with Crippen LogP contribution in [0.4, 0.5) is 0 Å². The first kappa shape index (κ1) is 17.2. The van der Waals surface area contributed by atoms with Crippen LogP contribution in [0.15, 0.2) is 18.2 Å². The van der Waals surface area contributed by atoms with Crippen molar-refractivity contribution in [2.45, 2.75) is 18.4 Å². The van der Waals surface area contributed by atoms with Crippen molar-refractivity contribution >= 4 is 16.8 Å². The minimum absolute atomic E-state index is 0.00702. The zero-order valence-corrected chi connectivity index (χ0v) is 15.2. The van der Waals surface area contributed by atoms with Crippen LogP contribution in [0.25, 0.3) is 10.9 Å². The molecule has 0 bridgehead atoms. The topological polar surface area (TPSA) is 73.0 Å². The minimum atomic E-state index is -0.271. The van der Waals surface area contributed by atoms with Gasteiger partial charge in [-0.05, 0) is 31.0 Å². The van der Waals surface area contributed by atoms with E-state index >= 15 is 0 Å². The molecular formula is C19H24N2O5. The lowest BCUT2D eigenvalue weighted by atomic mass is 9.87. The van der Waals surface area contributed by atoms with E-state index in [0.717, 1.165) is 23.7 Å². The summed E-state index contributed by atoms with van der Waals surface area (Å²) in [5.41, 5.74) is 1.13. The van der Waals surface area contributed by atoms with Crippen molar-refractivity contribution < 1.29 is 23.7 Å². The fourth-order valence-electron chi connectivity index (χ4n) is 4.00. The van der Waals surface area contributed by atoms with Crippen molar-refractivity contribution in [1.29, 1.82) is 0 Å². The van der Waals surface area contributed by atoms with Crippen molar-refractivity contribution in [2.75, 3.05) is 47.2 Å². The van der Waals surface area contributed by atoms with E-state index in [-0.39, 0.29) is 11.4 Å². The molecule has 0 atom stereocenters. The predicted octanol–water partition coefficient (Wildman–Crippen LogP) is 2.21. The van der Waals surface area contributed by atoms with Crippen molar-refractivity contribution in [1.82, 2.24) is 9.88 Å². The first-order valence-corrected chi connectivity index (χ1v) is 8.90. The second kappa shape index (κ2) is 6.81. The number of aromatic amines is 1. The summed E-state index contributed by atoms with van der Waals surface area (Å²) in [6.45, 7) is 3.04. The van der Waals surface area contributed by atoms with Gasteiger partial charge in [-0.3, -0.25) is 4.79 Å². The second-order valence-electron chi connectivity index (χ2n) is 6.79. The lowest BCUT2D eigenvalue weighted by molar-refractivity contribution is -0.0978. The normalized spacial score (nSPS) is 19.7. The third kappa shape index (κ3) is 2.71. The largest absolute Gasteiger partial charge is 0.493 e. The number of carbonyl (C=O) groups excluding carboxylic acids is 1. The van der Waals surface area contributed by atoms with Crippen molar-refractivity contribution in [2.24, 2.45) is 0 Å². The highest BCUT2D eigenvalue weighted by Crippen LogP contribution is 2.37. The summed E-state index contributed by atoms with van der Waals surface area (Å²) in [7, 11) is 3.20. The van der Waals surface area contributed by atoms with Gasteiger partial charge in [0, 0.05) is 25.1 Å². The molecule has 7 nitrogen and oxygen atoms in total. The number of ether oxygens (including phenoxy) is 4. The second-order valence-corrected chi connectivity index (χ2v) is 6.79. The number of nitrogens with zero attached hydrogens (tertiary/aromatic N) is 1. The highest BCUT2D eigenvalue weighted by molar-refractivity contribution is 6.00. The number of amides is 1. The van der Waals surface area contributed by atoms with Gasteiger partial charge < -0.3 is 28.8 Å². The predicted molar refractivity (Wildman–Crippen MR) is 96.0 cm³/mol.